The van der Waals surface area contributed by atoms with Crippen molar-refractivity contribution in [1.82, 2.24) is 10.2 Å². The van der Waals surface area contributed by atoms with Crippen LogP contribution in [0.4, 0.5) is 0 Å². The van der Waals surface area contributed by atoms with Crippen molar-refractivity contribution in [2.45, 2.75) is 70.9 Å². The van der Waals surface area contributed by atoms with E-state index in [-0.39, 0.29) is 5.54 Å². The molecule has 0 radical (unpaired) electrons. The van der Waals surface area contributed by atoms with Crippen LogP contribution in [-0.2, 0) is 0 Å². The largest absolute Gasteiger partial charge is 0.312 e. The summed E-state index contributed by atoms with van der Waals surface area (Å²) < 4.78 is 0. The van der Waals surface area contributed by atoms with E-state index in [0.717, 1.165) is 23.8 Å². The van der Waals surface area contributed by atoms with Crippen LogP contribution >= 0.6 is 0 Å². The summed E-state index contributed by atoms with van der Waals surface area (Å²) in [6, 6.07) is 0.899. The van der Waals surface area contributed by atoms with Gasteiger partial charge < -0.3 is 5.32 Å². The lowest BCUT2D eigenvalue weighted by atomic mass is 9.77. The molecule has 2 nitrogen and oxygen atoms in total. The Morgan fingerprint density at radius 2 is 1.47 bits per heavy atom. The van der Waals surface area contributed by atoms with Gasteiger partial charge in [0.15, 0.2) is 0 Å². The van der Waals surface area contributed by atoms with E-state index in [4.69, 9.17) is 0 Å². The molecule has 0 aliphatic heterocycles. The zero-order valence-corrected chi connectivity index (χ0v) is 13.1. The van der Waals surface area contributed by atoms with E-state index < -0.39 is 0 Å². The Hall–Kier alpha value is -0.0800. The number of rotatable bonds is 7. The average Bonchev–Trinajstić information content (AvgIpc) is 3.09. The molecule has 2 heteroatoms. The summed E-state index contributed by atoms with van der Waals surface area (Å²) in [7, 11) is 0. The number of nitrogens with one attached hydrogen (secondary N) is 1. The molecule has 110 valence electrons. The van der Waals surface area contributed by atoms with E-state index in [1.807, 2.05) is 0 Å². The van der Waals surface area contributed by atoms with E-state index in [9.17, 15) is 0 Å². The molecular weight excluding hydrogens is 232 g/mol. The second kappa shape index (κ2) is 5.37. The van der Waals surface area contributed by atoms with Gasteiger partial charge in [-0.1, -0.05) is 0 Å². The highest BCUT2D eigenvalue weighted by Gasteiger charge is 2.39. The number of nitrogens with zero attached hydrogens (tertiary/aromatic N) is 1. The van der Waals surface area contributed by atoms with Crippen molar-refractivity contribution >= 4 is 0 Å². The van der Waals surface area contributed by atoms with Crippen LogP contribution in [0.3, 0.4) is 0 Å². The van der Waals surface area contributed by atoms with Gasteiger partial charge in [-0.2, -0.15) is 0 Å². The zero-order valence-electron chi connectivity index (χ0n) is 13.1. The quantitative estimate of drug-likeness (QED) is 0.759. The Bertz CT molecular complexity index is 285. The maximum absolute atomic E-state index is 3.72. The van der Waals surface area contributed by atoms with Gasteiger partial charge >= 0.3 is 0 Å². The molecule has 0 aromatic heterocycles. The Balaban J connectivity index is 1.49. The predicted molar refractivity (Wildman–Crippen MR) is 81.3 cm³/mol. The molecule has 3 saturated carbocycles. The first-order valence-electron chi connectivity index (χ1n) is 8.50. The minimum atomic E-state index is 0.276. The summed E-state index contributed by atoms with van der Waals surface area (Å²) in [5.41, 5.74) is 0.276. The molecule has 2 atom stereocenters. The minimum Gasteiger partial charge on any atom is -0.312 e. The lowest BCUT2D eigenvalue weighted by Gasteiger charge is -2.46. The second-order valence-corrected chi connectivity index (χ2v) is 8.38. The topological polar surface area (TPSA) is 15.3 Å². The lowest BCUT2D eigenvalue weighted by Crippen LogP contribution is -2.53. The molecule has 0 aromatic carbocycles. The maximum atomic E-state index is 3.72. The molecule has 0 bridgehead atoms. The molecule has 0 heterocycles. The molecule has 19 heavy (non-hydrogen) atoms. The van der Waals surface area contributed by atoms with Crippen LogP contribution in [0, 0.1) is 17.8 Å². The number of hydrogen-bond donors (Lipinski definition) is 1. The van der Waals surface area contributed by atoms with E-state index in [1.165, 1.54) is 58.2 Å². The second-order valence-electron chi connectivity index (χ2n) is 8.38. The SMILES string of the molecule is CC(C)(C)NCC1CCC1N(CC1CC1)CC1CC1. The van der Waals surface area contributed by atoms with Gasteiger partial charge in [-0.3, -0.25) is 4.90 Å². The van der Waals surface area contributed by atoms with Gasteiger partial charge in [0.2, 0.25) is 0 Å². The van der Waals surface area contributed by atoms with Crippen LogP contribution in [0.2, 0.25) is 0 Å². The fourth-order valence-electron chi connectivity index (χ4n) is 3.32. The van der Waals surface area contributed by atoms with Crippen LogP contribution in [-0.4, -0.2) is 36.1 Å². The summed E-state index contributed by atoms with van der Waals surface area (Å²) in [6.45, 7) is 10.9. The van der Waals surface area contributed by atoms with Crippen molar-refractivity contribution in [2.75, 3.05) is 19.6 Å². The molecule has 3 aliphatic carbocycles. The Labute approximate surface area is 119 Å². The molecular formula is C17H32N2. The van der Waals surface area contributed by atoms with Crippen LogP contribution in [0.1, 0.15) is 59.3 Å². The van der Waals surface area contributed by atoms with Crippen molar-refractivity contribution in [1.29, 1.82) is 0 Å². The monoisotopic (exact) mass is 264 g/mol. The summed E-state index contributed by atoms with van der Waals surface area (Å²) >= 11 is 0. The molecule has 3 aliphatic rings. The number of hydrogen-bond acceptors (Lipinski definition) is 2. The zero-order chi connectivity index (χ0) is 13.5. The van der Waals surface area contributed by atoms with Gasteiger partial charge in [0, 0.05) is 24.7 Å². The predicted octanol–water partition coefficient (Wildman–Crippen LogP) is 3.28. The smallest absolute Gasteiger partial charge is 0.0136 e. The fraction of sp³-hybridized carbons (Fsp3) is 1.00. The van der Waals surface area contributed by atoms with Gasteiger partial charge in [-0.05, 0) is 83.6 Å². The Morgan fingerprint density at radius 3 is 1.84 bits per heavy atom. The van der Waals surface area contributed by atoms with E-state index >= 15 is 0 Å². The highest BCUT2D eigenvalue weighted by Crippen LogP contribution is 2.39. The van der Waals surface area contributed by atoms with Gasteiger partial charge in [0.25, 0.3) is 0 Å². The van der Waals surface area contributed by atoms with Gasteiger partial charge in [0.1, 0.15) is 0 Å². The van der Waals surface area contributed by atoms with Crippen LogP contribution in [0.15, 0.2) is 0 Å². The summed E-state index contributed by atoms with van der Waals surface area (Å²) in [6.07, 6.45) is 8.89. The highest BCUT2D eigenvalue weighted by atomic mass is 15.2. The Morgan fingerprint density at radius 1 is 0.895 bits per heavy atom. The van der Waals surface area contributed by atoms with Crippen molar-refractivity contribution < 1.29 is 0 Å². The third-order valence-electron chi connectivity index (χ3n) is 5.12. The molecule has 3 fully saturated rings. The first-order valence-corrected chi connectivity index (χ1v) is 8.50. The first kappa shape index (κ1) is 13.9. The van der Waals surface area contributed by atoms with Crippen molar-refractivity contribution in [3.8, 4) is 0 Å². The standard InChI is InChI=1S/C17H32N2/c1-17(2,3)18-10-15-8-9-16(15)19(11-13-4-5-13)12-14-6-7-14/h13-16,18H,4-12H2,1-3H3. The maximum Gasteiger partial charge on any atom is 0.0136 e. The van der Waals surface area contributed by atoms with Crippen LogP contribution in [0.25, 0.3) is 0 Å². The highest BCUT2D eigenvalue weighted by molar-refractivity contribution is 4.95. The van der Waals surface area contributed by atoms with Crippen molar-refractivity contribution in [3.63, 3.8) is 0 Å². The molecule has 0 spiro atoms. The normalized spacial score (nSPS) is 31.6. The third kappa shape index (κ3) is 4.19. The molecule has 1 N–H and O–H groups in total. The van der Waals surface area contributed by atoms with E-state index in [2.05, 4.69) is 31.0 Å². The molecule has 0 amide bonds. The fourth-order valence-corrected chi connectivity index (χ4v) is 3.32. The molecule has 0 saturated heterocycles. The summed E-state index contributed by atoms with van der Waals surface area (Å²) in [5.74, 6) is 3.02. The molecule has 2 unspecified atom stereocenters. The first-order chi connectivity index (χ1) is 9.01. The third-order valence-corrected chi connectivity index (χ3v) is 5.12. The summed E-state index contributed by atoms with van der Waals surface area (Å²) in [5, 5.41) is 3.72. The van der Waals surface area contributed by atoms with E-state index in [1.54, 1.807) is 0 Å². The lowest BCUT2D eigenvalue weighted by molar-refractivity contribution is 0.0506. The molecule has 3 rings (SSSR count). The van der Waals surface area contributed by atoms with E-state index in [0.29, 0.717) is 0 Å². The van der Waals surface area contributed by atoms with Gasteiger partial charge in [0.05, 0.1) is 0 Å². The van der Waals surface area contributed by atoms with Gasteiger partial charge in [-0.15, -0.1) is 0 Å². The van der Waals surface area contributed by atoms with Crippen molar-refractivity contribution in [3.05, 3.63) is 0 Å². The average molecular weight is 264 g/mol. The van der Waals surface area contributed by atoms with Crippen molar-refractivity contribution in [2.24, 2.45) is 17.8 Å². The van der Waals surface area contributed by atoms with Crippen LogP contribution in [0.5, 0.6) is 0 Å². The minimum absolute atomic E-state index is 0.276. The molecule has 0 aromatic rings. The summed E-state index contributed by atoms with van der Waals surface area (Å²) in [4.78, 5) is 2.88. The van der Waals surface area contributed by atoms with Gasteiger partial charge in [-0.25, -0.2) is 0 Å². The Kier molecular flexibility index (Phi) is 3.92. The van der Waals surface area contributed by atoms with Crippen LogP contribution < -0.4 is 5.32 Å².